The van der Waals surface area contributed by atoms with Crippen molar-refractivity contribution in [3.8, 4) is 0 Å². The molecule has 132 valence electrons. The Labute approximate surface area is 151 Å². The van der Waals surface area contributed by atoms with Gasteiger partial charge in [0.25, 0.3) is 5.91 Å². The lowest BCUT2D eigenvalue weighted by molar-refractivity contribution is -0.129. The molecule has 5 nitrogen and oxygen atoms in total. The largest absolute Gasteiger partial charge is 0.449 e. The zero-order chi connectivity index (χ0) is 17.6. The maximum atomic E-state index is 12.2. The molecule has 2 aromatic rings. The average molecular weight is 358 g/mol. The van der Waals surface area contributed by atoms with E-state index in [4.69, 9.17) is 4.74 Å². The van der Waals surface area contributed by atoms with E-state index in [9.17, 15) is 9.59 Å². The Kier molecular flexibility index (Phi) is 5.81. The minimum absolute atomic E-state index is 0.261. The summed E-state index contributed by atoms with van der Waals surface area (Å²) in [5.41, 5.74) is 4.43. The second-order valence-electron chi connectivity index (χ2n) is 6.23. The van der Waals surface area contributed by atoms with Crippen LogP contribution in [0.1, 0.15) is 49.4 Å². The van der Waals surface area contributed by atoms with Gasteiger partial charge in [-0.15, -0.1) is 11.3 Å². The first-order chi connectivity index (χ1) is 12.1. The van der Waals surface area contributed by atoms with Crippen LogP contribution in [0.5, 0.6) is 0 Å². The molecular formula is C19H22N2O3S. The average Bonchev–Trinajstić information content (AvgIpc) is 3.10. The molecule has 1 aliphatic rings. The topological polar surface area (TPSA) is 68.3 Å². The van der Waals surface area contributed by atoms with Gasteiger partial charge in [-0.25, -0.2) is 9.78 Å². The fourth-order valence-electron chi connectivity index (χ4n) is 2.89. The first-order valence-corrected chi connectivity index (χ1v) is 9.51. The van der Waals surface area contributed by atoms with E-state index in [1.807, 2.05) is 0 Å². The maximum Gasteiger partial charge on any atom is 0.338 e. The minimum atomic E-state index is -0.815. The Morgan fingerprint density at radius 1 is 1.36 bits per heavy atom. The summed E-state index contributed by atoms with van der Waals surface area (Å²) in [6.45, 7) is 2.18. The van der Waals surface area contributed by atoms with Crippen molar-refractivity contribution in [2.75, 3.05) is 6.54 Å². The molecule has 0 saturated carbocycles. The number of aromatic nitrogens is 1. The van der Waals surface area contributed by atoms with Gasteiger partial charge in [0, 0.05) is 6.54 Å². The molecule has 0 spiro atoms. The van der Waals surface area contributed by atoms with E-state index in [1.165, 1.54) is 29.8 Å². The lowest BCUT2D eigenvalue weighted by Crippen LogP contribution is -2.36. The number of hydrogen-bond donors (Lipinski definition) is 1. The standard InChI is InChI=1S/C19H22N2O3S/c1-13(18(22)20-10-9-14-5-3-2-4-6-14)24-19(23)15-7-8-16-17(11-15)25-12-21-16/h5,7-8,11-13H,2-4,6,9-10H2,1H3,(H,20,22)/t13-/m0/s1. The van der Waals surface area contributed by atoms with E-state index in [0.29, 0.717) is 12.1 Å². The predicted molar refractivity (Wildman–Crippen MR) is 98.7 cm³/mol. The van der Waals surface area contributed by atoms with Crippen LogP contribution in [0.4, 0.5) is 0 Å². The molecule has 1 aromatic carbocycles. The molecule has 0 unspecified atom stereocenters. The summed E-state index contributed by atoms with van der Waals surface area (Å²) in [6, 6.07) is 5.20. The van der Waals surface area contributed by atoms with Gasteiger partial charge in [0.2, 0.25) is 0 Å². The third-order valence-corrected chi connectivity index (χ3v) is 5.14. The first-order valence-electron chi connectivity index (χ1n) is 8.63. The van der Waals surface area contributed by atoms with Crippen molar-refractivity contribution in [2.45, 2.75) is 45.1 Å². The molecule has 1 aliphatic carbocycles. The number of benzene rings is 1. The van der Waals surface area contributed by atoms with E-state index < -0.39 is 12.1 Å². The van der Waals surface area contributed by atoms with Gasteiger partial charge in [-0.2, -0.15) is 0 Å². The number of thiazole rings is 1. The number of carbonyl (C=O) groups excluding carboxylic acids is 2. The SMILES string of the molecule is C[C@H](OC(=O)c1ccc2ncsc2c1)C(=O)NCCC1=CCCCC1. The lowest BCUT2D eigenvalue weighted by Gasteiger charge is -2.15. The Balaban J connectivity index is 1.48. The summed E-state index contributed by atoms with van der Waals surface area (Å²) < 4.78 is 6.21. The molecule has 0 saturated heterocycles. The third-order valence-electron chi connectivity index (χ3n) is 4.35. The van der Waals surface area contributed by atoms with Crippen molar-refractivity contribution >= 4 is 33.4 Å². The van der Waals surface area contributed by atoms with Gasteiger partial charge in [-0.05, 0) is 57.2 Å². The number of rotatable bonds is 6. The van der Waals surface area contributed by atoms with Crippen molar-refractivity contribution in [1.82, 2.24) is 10.3 Å². The summed E-state index contributed by atoms with van der Waals surface area (Å²) in [5, 5.41) is 2.85. The Morgan fingerprint density at radius 3 is 3.04 bits per heavy atom. The predicted octanol–water partition coefficient (Wildman–Crippen LogP) is 3.85. The first kappa shape index (κ1) is 17.6. The van der Waals surface area contributed by atoms with Crippen LogP contribution >= 0.6 is 11.3 Å². The highest BCUT2D eigenvalue weighted by Gasteiger charge is 2.19. The number of nitrogens with zero attached hydrogens (tertiary/aromatic N) is 1. The molecule has 1 N–H and O–H groups in total. The molecule has 1 heterocycles. The summed E-state index contributed by atoms with van der Waals surface area (Å²) in [6.07, 6.45) is 7.09. The van der Waals surface area contributed by atoms with E-state index in [1.54, 1.807) is 30.6 Å². The van der Waals surface area contributed by atoms with Gasteiger partial charge in [-0.3, -0.25) is 4.79 Å². The van der Waals surface area contributed by atoms with Gasteiger partial charge in [0.1, 0.15) is 0 Å². The number of ether oxygens (including phenoxy) is 1. The molecule has 1 atom stereocenters. The Bertz CT molecular complexity index is 797. The number of esters is 1. The van der Waals surface area contributed by atoms with Gasteiger partial charge >= 0.3 is 5.97 Å². The van der Waals surface area contributed by atoms with Crippen LogP contribution < -0.4 is 5.32 Å². The highest BCUT2D eigenvalue weighted by atomic mass is 32.1. The van der Waals surface area contributed by atoms with Crippen LogP contribution in [-0.2, 0) is 9.53 Å². The van der Waals surface area contributed by atoms with Crippen LogP contribution in [0.15, 0.2) is 35.4 Å². The summed E-state index contributed by atoms with van der Waals surface area (Å²) >= 11 is 1.47. The number of hydrogen-bond acceptors (Lipinski definition) is 5. The van der Waals surface area contributed by atoms with Crippen LogP contribution in [-0.4, -0.2) is 29.5 Å². The van der Waals surface area contributed by atoms with Crippen molar-refractivity contribution in [3.05, 3.63) is 40.9 Å². The smallest absolute Gasteiger partial charge is 0.338 e. The molecule has 1 aromatic heterocycles. The number of nitrogens with one attached hydrogen (secondary N) is 1. The normalized spacial score (nSPS) is 15.5. The lowest BCUT2D eigenvalue weighted by atomic mass is 9.97. The van der Waals surface area contributed by atoms with Crippen LogP contribution in [0.25, 0.3) is 10.2 Å². The number of amides is 1. The van der Waals surface area contributed by atoms with Crippen molar-refractivity contribution in [3.63, 3.8) is 0 Å². The van der Waals surface area contributed by atoms with Gasteiger partial charge in [-0.1, -0.05) is 11.6 Å². The van der Waals surface area contributed by atoms with Crippen LogP contribution in [0.3, 0.4) is 0 Å². The molecule has 3 rings (SSSR count). The quantitative estimate of drug-likeness (QED) is 0.629. The molecule has 1 amide bonds. The van der Waals surface area contributed by atoms with Gasteiger partial charge < -0.3 is 10.1 Å². The van der Waals surface area contributed by atoms with Crippen molar-refractivity contribution in [2.24, 2.45) is 0 Å². The molecule has 25 heavy (non-hydrogen) atoms. The van der Waals surface area contributed by atoms with Crippen LogP contribution in [0, 0.1) is 0 Å². The van der Waals surface area contributed by atoms with E-state index in [0.717, 1.165) is 29.5 Å². The fraction of sp³-hybridized carbons (Fsp3) is 0.421. The Morgan fingerprint density at radius 2 is 2.24 bits per heavy atom. The summed E-state index contributed by atoms with van der Waals surface area (Å²) in [7, 11) is 0. The summed E-state index contributed by atoms with van der Waals surface area (Å²) in [4.78, 5) is 28.5. The highest BCUT2D eigenvalue weighted by Crippen LogP contribution is 2.20. The molecule has 0 radical (unpaired) electrons. The fourth-order valence-corrected chi connectivity index (χ4v) is 3.60. The second kappa shape index (κ2) is 8.25. The number of fused-ring (bicyclic) bond motifs is 1. The maximum absolute atomic E-state index is 12.2. The Hall–Kier alpha value is -2.21. The zero-order valence-corrected chi connectivity index (χ0v) is 15.1. The van der Waals surface area contributed by atoms with Crippen molar-refractivity contribution in [1.29, 1.82) is 0 Å². The number of carbonyl (C=O) groups is 2. The molecule has 0 aliphatic heterocycles. The third kappa shape index (κ3) is 4.66. The van der Waals surface area contributed by atoms with Crippen molar-refractivity contribution < 1.29 is 14.3 Å². The molecular weight excluding hydrogens is 336 g/mol. The highest BCUT2D eigenvalue weighted by molar-refractivity contribution is 7.16. The molecule has 0 fully saturated rings. The number of allylic oxidation sites excluding steroid dienone is 1. The van der Waals surface area contributed by atoms with E-state index in [2.05, 4.69) is 16.4 Å². The zero-order valence-electron chi connectivity index (χ0n) is 14.3. The van der Waals surface area contributed by atoms with E-state index >= 15 is 0 Å². The van der Waals surface area contributed by atoms with Crippen LogP contribution in [0.2, 0.25) is 0 Å². The molecule has 0 bridgehead atoms. The monoisotopic (exact) mass is 358 g/mol. The molecule has 6 heteroatoms. The van der Waals surface area contributed by atoms with Gasteiger partial charge in [0.15, 0.2) is 6.10 Å². The minimum Gasteiger partial charge on any atom is -0.449 e. The van der Waals surface area contributed by atoms with Gasteiger partial charge in [0.05, 0.1) is 21.3 Å². The second-order valence-corrected chi connectivity index (χ2v) is 7.12. The summed E-state index contributed by atoms with van der Waals surface area (Å²) in [5.74, 6) is -0.753. The van der Waals surface area contributed by atoms with E-state index in [-0.39, 0.29) is 5.91 Å².